The zero-order valence-corrected chi connectivity index (χ0v) is 9.92. The van der Waals surface area contributed by atoms with E-state index in [0.717, 1.165) is 24.8 Å². The Hall–Kier alpha value is -1.31. The molecule has 1 aromatic carbocycles. The molecule has 1 aromatic rings. The van der Waals surface area contributed by atoms with Crippen molar-refractivity contribution in [3.05, 3.63) is 34.4 Å². The van der Waals surface area contributed by atoms with E-state index in [1.807, 2.05) is 13.0 Å². The summed E-state index contributed by atoms with van der Waals surface area (Å²) in [6, 6.07) is 3.81. The lowest BCUT2D eigenvalue weighted by Crippen LogP contribution is -2.05. The first-order chi connectivity index (χ1) is 7.69. The molecule has 0 spiro atoms. The molecule has 1 aliphatic carbocycles. The van der Waals surface area contributed by atoms with E-state index in [1.165, 1.54) is 17.5 Å². The first-order valence-corrected chi connectivity index (χ1v) is 6.06. The summed E-state index contributed by atoms with van der Waals surface area (Å²) in [7, 11) is 0. The summed E-state index contributed by atoms with van der Waals surface area (Å²) in [6.45, 7) is 4.25. The minimum atomic E-state index is -0.792. The first-order valence-electron chi connectivity index (χ1n) is 6.06. The van der Waals surface area contributed by atoms with E-state index in [2.05, 4.69) is 6.92 Å². The fraction of sp³-hybridized carbons (Fsp3) is 0.500. The Morgan fingerprint density at radius 3 is 2.75 bits per heavy atom. The van der Waals surface area contributed by atoms with Gasteiger partial charge in [0.2, 0.25) is 0 Å². The Labute approximate surface area is 96.3 Å². The molecule has 0 fully saturated rings. The summed E-state index contributed by atoms with van der Waals surface area (Å²) < 4.78 is 0. The molecule has 2 heteroatoms. The molecule has 0 saturated carbocycles. The van der Waals surface area contributed by atoms with Gasteiger partial charge in [-0.15, -0.1) is 0 Å². The minimum absolute atomic E-state index is 0.498. The molecule has 2 nitrogen and oxygen atoms in total. The van der Waals surface area contributed by atoms with Crippen molar-refractivity contribution >= 4 is 5.97 Å². The Bertz CT molecular complexity index is 421. The van der Waals surface area contributed by atoms with Gasteiger partial charge in [-0.3, -0.25) is 0 Å². The number of hydrogen-bond acceptors (Lipinski definition) is 1. The summed E-state index contributed by atoms with van der Waals surface area (Å²) in [4.78, 5) is 11.1. The van der Waals surface area contributed by atoms with E-state index in [4.69, 9.17) is 5.11 Å². The van der Waals surface area contributed by atoms with Crippen LogP contribution in [0, 0.1) is 0 Å². The van der Waals surface area contributed by atoms with Crippen molar-refractivity contribution in [3.8, 4) is 0 Å². The Balaban J connectivity index is 2.55. The molecule has 0 aliphatic heterocycles. The highest BCUT2D eigenvalue weighted by atomic mass is 16.4. The summed E-state index contributed by atoms with van der Waals surface area (Å²) in [5.74, 6) is -0.150. The van der Waals surface area contributed by atoms with Gasteiger partial charge in [-0.1, -0.05) is 19.9 Å². The van der Waals surface area contributed by atoms with Crippen LogP contribution in [0.5, 0.6) is 0 Å². The number of carbonyl (C=O) groups is 1. The van der Waals surface area contributed by atoms with E-state index in [9.17, 15) is 4.79 Å². The van der Waals surface area contributed by atoms with Crippen LogP contribution >= 0.6 is 0 Å². The minimum Gasteiger partial charge on any atom is -0.478 e. The molecule has 1 N–H and O–H groups in total. The first kappa shape index (κ1) is 11.2. The number of hydrogen-bond donors (Lipinski definition) is 1. The monoisotopic (exact) mass is 218 g/mol. The third kappa shape index (κ3) is 1.62. The molecular weight excluding hydrogens is 200 g/mol. The lowest BCUT2D eigenvalue weighted by atomic mass is 9.92. The predicted molar refractivity (Wildman–Crippen MR) is 64.1 cm³/mol. The van der Waals surface area contributed by atoms with Gasteiger partial charge in [0.15, 0.2) is 0 Å². The molecule has 86 valence electrons. The third-order valence-electron chi connectivity index (χ3n) is 3.73. The fourth-order valence-electron chi connectivity index (χ4n) is 2.89. The second kappa shape index (κ2) is 4.28. The summed E-state index contributed by atoms with van der Waals surface area (Å²) in [5.41, 5.74) is 4.26. The van der Waals surface area contributed by atoms with Crippen molar-refractivity contribution in [2.45, 2.75) is 45.4 Å². The van der Waals surface area contributed by atoms with Crippen LogP contribution in [0.1, 0.15) is 59.7 Å². The van der Waals surface area contributed by atoms with Crippen LogP contribution in [0.25, 0.3) is 0 Å². The van der Waals surface area contributed by atoms with Gasteiger partial charge in [0.1, 0.15) is 0 Å². The molecule has 16 heavy (non-hydrogen) atoms. The molecule has 0 heterocycles. The third-order valence-corrected chi connectivity index (χ3v) is 3.73. The fourth-order valence-corrected chi connectivity index (χ4v) is 2.89. The highest BCUT2D eigenvalue weighted by Crippen LogP contribution is 2.38. The lowest BCUT2D eigenvalue weighted by Gasteiger charge is -2.12. The average molecular weight is 218 g/mol. The van der Waals surface area contributed by atoms with Gasteiger partial charge >= 0.3 is 5.97 Å². The van der Waals surface area contributed by atoms with Gasteiger partial charge in [-0.05, 0) is 54.4 Å². The van der Waals surface area contributed by atoms with Crippen molar-refractivity contribution < 1.29 is 9.90 Å². The normalized spacial score (nSPS) is 18.5. The van der Waals surface area contributed by atoms with Gasteiger partial charge in [0.25, 0.3) is 0 Å². The van der Waals surface area contributed by atoms with Crippen molar-refractivity contribution in [2.75, 3.05) is 0 Å². The summed E-state index contributed by atoms with van der Waals surface area (Å²) >= 11 is 0. The van der Waals surface area contributed by atoms with E-state index < -0.39 is 5.97 Å². The van der Waals surface area contributed by atoms with Crippen molar-refractivity contribution in [3.63, 3.8) is 0 Å². The molecule has 2 rings (SSSR count). The number of carboxylic acid groups (broad SMARTS) is 1. The maximum absolute atomic E-state index is 11.1. The summed E-state index contributed by atoms with van der Waals surface area (Å²) in [5, 5.41) is 9.15. The maximum atomic E-state index is 11.1. The van der Waals surface area contributed by atoms with Gasteiger partial charge in [0, 0.05) is 0 Å². The van der Waals surface area contributed by atoms with E-state index in [0.29, 0.717) is 11.5 Å². The molecule has 1 atom stereocenters. The van der Waals surface area contributed by atoms with Crippen molar-refractivity contribution in [1.29, 1.82) is 0 Å². The molecule has 0 saturated heterocycles. The lowest BCUT2D eigenvalue weighted by molar-refractivity contribution is 0.0695. The topological polar surface area (TPSA) is 37.3 Å². The predicted octanol–water partition coefficient (Wildman–Crippen LogP) is 3.39. The molecule has 0 bridgehead atoms. The van der Waals surface area contributed by atoms with Gasteiger partial charge in [-0.25, -0.2) is 4.79 Å². The van der Waals surface area contributed by atoms with Gasteiger partial charge in [0.05, 0.1) is 5.56 Å². The summed E-state index contributed by atoms with van der Waals surface area (Å²) in [6.07, 6.45) is 4.21. The van der Waals surface area contributed by atoms with Crippen molar-refractivity contribution in [1.82, 2.24) is 0 Å². The second-order valence-corrected chi connectivity index (χ2v) is 4.46. The average Bonchev–Trinajstić information content (AvgIpc) is 2.70. The Kier molecular flexibility index (Phi) is 2.99. The van der Waals surface area contributed by atoms with Gasteiger partial charge in [-0.2, -0.15) is 0 Å². The largest absolute Gasteiger partial charge is 0.478 e. The molecule has 0 amide bonds. The second-order valence-electron chi connectivity index (χ2n) is 4.46. The van der Waals surface area contributed by atoms with Crippen LogP contribution in [0.3, 0.4) is 0 Å². The van der Waals surface area contributed by atoms with E-state index in [1.54, 1.807) is 6.07 Å². The highest BCUT2D eigenvalue weighted by molar-refractivity contribution is 5.90. The van der Waals surface area contributed by atoms with Crippen LogP contribution in [0.4, 0.5) is 0 Å². The molecule has 0 radical (unpaired) electrons. The van der Waals surface area contributed by atoms with Crippen LogP contribution in [0.2, 0.25) is 0 Å². The Morgan fingerprint density at radius 2 is 2.19 bits per heavy atom. The number of benzene rings is 1. The van der Waals surface area contributed by atoms with E-state index in [-0.39, 0.29) is 0 Å². The van der Waals surface area contributed by atoms with Crippen molar-refractivity contribution in [2.24, 2.45) is 0 Å². The zero-order chi connectivity index (χ0) is 11.7. The van der Waals surface area contributed by atoms with Gasteiger partial charge < -0.3 is 5.11 Å². The molecule has 0 aromatic heterocycles. The number of carboxylic acids is 1. The maximum Gasteiger partial charge on any atom is 0.335 e. The zero-order valence-electron chi connectivity index (χ0n) is 9.92. The van der Waals surface area contributed by atoms with E-state index >= 15 is 0 Å². The smallest absolute Gasteiger partial charge is 0.335 e. The molecular formula is C14H18O2. The standard InChI is InChI=1S/C14H18O2/c1-3-9-5-6-12-10(4-2)13(14(15)16)8-7-11(9)12/h7-9H,3-6H2,1-2H3,(H,15,16). The number of fused-ring (bicyclic) bond motifs is 1. The van der Waals surface area contributed by atoms with Crippen LogP contribution in [-0.2, 0) is 12.8 Å². The molecule has 1 unspecified atom stereocenters. The van der Waals surface area contributed by atoms with Crippen LogP contribution in [0.15, 0.2) is 12.1 Å². The quantitative estimate of drug-likeness (QED) is 0.844. The highest BCUT2D eigenvalue weighted by Gasteiger charge is 2.25. The van der Waals surface area contributed by atoms with Crippen LogP contribution in [-0.4, -0.2) is 11.1 Å². The van der Waals surface area contributed by atoms with Crippen LogP contribution < -0.4 is 0 Å². The molecule has 1 aliphatic rings. The SMILES string of the molecule is CCc1c(C(=O)O)ccc2c1CCC2CC. The number of aromatic carboxylic acids is 1. The number of rotatable bonds is 3. The Morgan fingerprint density at radius 1 is 1.44 bits per heavy atom.